The number of anilines is 2. The van der Waals surface area contributed by atoms with Crippen molar-refractivity contribution in [3.63, 3.8) is 0 Å². The minimum absolute atomic E-state index is 0.313. The minimum atomic E-state index is -0.673. The largest absolute Gasteiger partial charge is 0.481 e. The standard InChI is InChI=1S/C17H21N5O2/c1-10-2-4-22(10)17-16-18-3-5-20(16)9-14(19-17)21-7-12-11(6-15(23)24)13(12)8-21/h3,5,9-13H,2,4,6-8H2,1H3,(H,23,24). The maximum Gasteiger partial charge on any atom is 0.303 e. The number of piperidine rings is 1. The van der Waals surface area contributed by atoms with Gasteiger partial charge >= 0.3 is 5.97 Å². The highest BCUT2D eigenvalue weighted by Crippen LogP contribution is 2.54. The van der Waals surface area contributed by atoms with E-state index in [1.165, 1.54) is 6.42 Å². The summed E-state index contributed by atoms with van der Waals surface area (Å²) in [4.78, 5) is 24.9. The lowest BCUT2D eigenvalue weighted by Crippen LogP contribution is -2.46. The van der Waals surface area contributed by atoms with E-state index in [1.807, 2.05) is 18.6 Å². The van der Waals surface area contributed by atoms with Crippen LogP contribution in [0.25, 0.3) is 5.65 Å². The van der Waals surface area contributed by atoms with Gasteiger partial charge in [0.2, 0.25) is 0 Å². The molecule has 0 aromatic carbocycles. The zero-order valence-corrected chi connectivity index (χ0v) is 13.7. The summed E-state index contributed by atoms with van der Waals surface area (Å²) in [5, 5.41) is 8.97. The molecule has 24 heavy (non-hydrogen) atoms. The second-order valence-corrected chi connectivity index (χ2v) is 7.41. The van der Waals surface area contributed by atoms with Crippen LogP contribution in [0.1, 0.15) is 19.8 Å². The Kier molecular flexibility index (Phi) is 2.84. The molecule has 2 aromatic rings. The summed E-state index contributed by atoms with van der Waals surface area (Å²) in [6.45, 7) is 5.10. The Morgan fingerprint density at radius 1 is 1.38 bits per heavy atom. The summed E-state index contributed by atoms with van der Waals surface area (Å²) in [7, 11) is 0. The van der Waals surface area contributed by atoms with Crippen molar-refractivity contribution < 1.29 is 9.90 Å². The number of hydrogen-bond acceptors (Lipinski definition) is 5. The molecule has 3 fully saturated rings. The molecule has 5 rings (SSSR count). The molecule has 3 aliphatic rings. The fourth-order valence-corrected chi connectivity index (χ4v) is 4.42. The normalized spacial score (nSPS) is 31.2. The van der Waals surface area contributed by atoms with Crippen LogP contribution in [-0.4, -0.2) is 51.1 Å². The Balaban J connectivity index is 1.41. The molecule has 0 bridgehead atoms. The maximum atomic E-state index is 10.9. The number of aliphatic carboxylic acids is 1. The first-order chi connectivity index (χ1) is 11.6. The smallest absolute Gasteiger partial charge is 0.303 e. The first-order valence-electron chi connectivity index (χ1n) is 8.69. The van der Waals surface area contributed by atoms with Gasteiger partial charge in [0.05, 0.1) is 6.20 Å². The van der Waals surface area contributed by atoms with Crippen molar-refractivity contribution in [2.75, 3.05) is 29.4 Å². The first-order valence-corrected chi connectivity index (χ1v) is 8.69. The number of carboxylic acids is 1. The molecule has 1 saturated carbocycles. The average molecular weight is 327 g/mol. The number of imidazole rings is 1. The van der Waals surface area contributed by atoms with E-state index in [0.717, 1.165) is 36.9 Å². The zero-order valence-electron chi connectivity index (χ0n) is 13.7. The third kappa shape index (κ3) is 2.00. The van der Waals surface area contributed by atoms with Gasteiger partial charge in [0, 0.05) is 44.5 Å². The van der Waals surface area contributed by atoms with Crippen molar-refractivity contribution in [3.8, 4) is 0 Å². The average Bonchev–Trinajstić information content (AvgIpc) is 2.98. The van der Waals surface area contributed by atoms with E-state index in [2.05, 4.69) is 26.1 Å². The van der Waals surface area contributed by atoms with Crippen LogP contribution in [0.3, 0.4) is 0 Å². The molecule has 3 atom stereocenters. The van der Waals surface area contributed by atoms with E-state index in [1.54, 1.807) is 0 Å². The number of nitrogens with zero attached hydrogens (tertiary/aromatic N) is 5. The van der Waals surface area contributed by atoms with Crippen molar-refractivity contribution in [1.29, 1.82) is 0 Å². The molecule has 126 valence electrons. The van der Waals surface area contributed by atoms with E-state index in [4.69, 9.17) is 10.1 Å². The lowest BCUT2D eigenvalue weighted by Gasteiger charge is -2.40. The van der Waals surface area contributed by atoms with Crippen LogP contribution in [0.4, 0.5) is 11.6 Å². The van der Waals surface area contributed by atoms with E-state index >= 15 is 0 Å². The molecule has 7 nitrogen and oxygen atoms in total. The molecule has 7 heteroatoms. The Labute approximate surface area is 139 Å². The van der Waals surface area contributed by atoms with Crippen molar-refractivity contribution in [1.82, 2.24) is 14.4 Å². The van der Waals surface area contributed by atoms with Crippen LogP contribution in [0, 0.1) is 17.8 Å². The third-order valence-electron chi connectivity index (χ3n) is 6.04. The molecule has 0 radical (unpaired) electrons. The highest BCUT2D eigenvalue weighted by Gasteiger charge is 2.56. The van der Waals surface area contributed by atoms with Gasteiger partial charge in [0.25, 0.3) is 0 Å². The number of carboxylic acid groups (broad SMARTS) is 1. The zero-order chi connectivity index (χ0) is 16.4. The topological polar surface area (TPSA) is 74.0 Å². The molecule has 0 amide bonds. The predicted octanol–water partition coefficient (Wildman–Crippen LogP) is 1.48. The van der Waals surface area contributed by atoms with Crippen LogP contribution in [-0.2, 0) is 4.79 Å². The fraction of sp³-hybridized carbons (Fsp3) is 0.588. The summed E-state index contributed by atoms with van der Waals surface area (Å²) in [6.07, 6.45) is 7.35. The highest BCUT2D eigenvalue weighted by molar-refractivity contribution is 5.69. The monoisotopic (exact) mass is 327 g/mol. The molecule has 0 spiro atoms. The van der Waals surface area contributed by atoms with E-state index in [9.17, 15) is 4.79 Å². The summed E-state index contributed by atoms with van der Waals surface area (Å²) >= 11 is 0. The molecule has 2 aromatic heterocycles. The van der Waals surface area contributed by atoms with Crippen LogP contribution in [0.2, 0.25) is 0 Å². The number of rotatable bonds is 4. The molecular weight excluding hydrogens is 306 g/mol. The van der Waals surface area contributed by atoms with Crippen molar-refractivity contribution in [3.05, 3.63) is 18.6 Å². The van der Waals surface area contributed by atoms with Crippen LogP contribution in [0.5, 0.6) is 0 Å². The van der Waals surface area contributed by atoms with Crippen molar-refractivity contribution >= 4 is 23.3 Å². The second kappa shape index (κ2) is 4.84. The summed E-state index contributed by atoms with van der Waals surface area (Å²) in [5.41, 5.74) is 0.915. The lowest BCUT2D eigenvalue weighted by molar-refractivity contribution is -0.137. The predicted molar refractivity (Wildman–Crippen MR) is 89.3 cm³/mol. The lowest BCUT2D eigenvalue weighted by atomic mass is 10.1. The van der Waals surface area contributed by atoms with Crippen LogP contribution in [0.15, 0.2) is 18.6 Å². The minimum Gasteiger partial charge on any atom is -0.481 e. The van der Waals surface area contributed by atoms with Gasteiger partial charge in [-0.25, -0.2) is 9.97 Å². The van der Waals surface area contributed by atoms with Gasteiger partial charge < -0.3 is 19.3 Å². The maximum absolute atomic E-state index is 10.9. The number of hydrogen-bond donors (Lipinski definition) is 1. The Morgan fingerprint density at radius 2 is 2.17 bits per heavy atom. The third-order valence-corrected chi connectivity index (χ3v) is 6.04. The van der Waals surface area contributed by atoms with E-state index < -0.39 is 5.97 Å². The molecule has 2 aliphatic heterocycles. The fourth-order valence-electron chi connectivity index (χ4n) is 4.42. The first kappa shape index (κ1) is 14.1. The second-order valence-electron chi connectivity index (χ2n) is 7.41. The Hall–Kier alpha value is -2.31. The Morgan fingerprint density at radius 3 is 2.79 bits per heavy atom. The molecular formula is C17H21N5O2. The van der Waals surface area contributed by atoms with Crippen molar-refractivity contribution in [2.24, 2.45) is 17.8 Å². The molecule has 3 unspecified atom stereocenters. The molecule has 1 aliphatic carbocycles. The summed E-state index contributed by atoms with van der Waals surface area (Å²) in [6, 6.07) is 0.514. The van der Waals surface area contributed by atoms with Gasteiger partial charge in [-0.05, 0) is 31.1 Å². The quantitative estimate of drug-likeness (QED) is 0.917. The van der Waals surface area contributed by atoms with Gasteiger partial charge in [0.15, 0.2) is 11.5 Å². The van der Waals surface area contributed by atoms with Gasteiger partial charge in [-0.15, -0.1) is 0 Å². The van der Waals surface area contributed by atoms with E-state index in [0.29, 0.717) is 30.2 Å². The molecule has 1 N–H and O–H groups in total. The number of carbonyl (C=O) groups is 1. The number of fused-ring (bicyclic) bond motifs is 2. The summed E-state index contributed by atoms with van der Waals surface area (Å²) in [5.74, 6) is 2.69. The highest BCUT2D eigenvalue weighted by atomic mass is 16.4. The molecule has 4 heterocycles. The van der Waals surface area contributed by atoms with Crippen molar-refractivity contribution in [2.45, 2.75) is 25.8 Å². The van der Waals surface area contributed by atoms with Crippen LogP contribution < -0.4 is 9.80 Å². The SMILES string of the molecule is CC1CCN1c1nc(N2CC3C(CC(=O)O)C3C2)cn2ccnc12. The van der Waals surface area contributed by atoms with E-state index in [-0.39, 0.29) is 0 Å². The molecule has 2 saturated heterocycles. The van der Waals surface area contributed by atoms with Gasteiger partial charge in [0.1, 0.15) is 5.82 Å². The number of aromatic nitrogens is 3. The Bertz CT molecular complexity index is 806. The van der Waals surface area contributed by atoms with Gasteiger partial charge in [-0.2, -0.15) is 0 Å². The van der Waals surface area contributed by atoms with Gasteiger partial charge in [-0.1, -0.05) is 0 Å². The van der Waals surface area contributed by atoms with Crippen LogP contribution >= 0.6 is 0 Å². The van der Waals surface area contributed by atoms with Gasteiger partial charge in [-0.3, -0.25) is 4.79 Å². The summed E-state index contributed by atoms with van der Waals surface area (Å²) < 4.78 is 2.06.